The molecule has 0 radical (unpaired) electrons. The van der Waals surface area contributed by atoms with E-state index in [1.807, 2.05) is 13.0 Å². The lowest BCUT2D eigenvalue weighted by atomic mass is 9.89. The maximum atomic E-state index is 6.28. The summed E-state index contributed by atoms with van der Waals surface area (Å²) in [6.45, 7) is 7.40. The number of methoxy groups -OCH3 is 1. The van der Waals surface area contributed by atoms with Crippen molar-refractivity contribution in [1.82, 2.24) is 19.9 Å². The van der Waals surface area contributed by atoms with Crippen LogP contribution in [0.3, 0.4) is 0 Å². The molecule has 2 saturated heterocycles. The van der Waals surface area contributed by atoms with Gasteiger partial charge < -0.3 is 14.4 Å². The maximum absolute atomic E-state index is 6.28. The summed E-state index contributed by atoms with van der Waals surface area (Å²) in [5.41, 5.74) is 2.13. The van der Waals surface area contributed by atoms with Crippen molar-refractivity contribution in [1.29, 1.82) is 0 Å². The molecule has 2 aliphatic rings. The summed E-state index contributed by atoms with van der Waals surface area (Å²) in [6, 6.07) is 6.24. The zero-order valence-electron chi connectivity index (χ0n) is 16.1. The van der Waals surface area contributed by atoms with Crippen molar-refractivity contribution in [2.75, 3.05) is 44.8 Å². The van der Waals surface area contributed by atoms with Crippen molar-refractivity contribution in [3.63, 3.8) is 0 Å². The third-order valence-corrected chi connectivity index (χ3v) is 5.47. The van der Waals surface area contributed by atoms with Gasteiger partial charge in [0.15, 0.2) is 5.82 Å². The number of hydrogen-bond donors (Lipinski definition) is 0. The summed E-state index contributed by atoms with van der Waals surface area (Å²) in [4.78, 5) is 18.1. The Morgan fingerprint density at radius 2 is 1.96 bits per heavy atom. The predicted molar refractivity (Wildman–Crippen MR) is 103 cm³/mol. The summed E-state index contributed by atoms with van der Waals surface area (Å²) >= 11 is 0. The van der Waals surface area contributed by atoms with Gasteiger partial charge in [0, 0.05) is 50.8 Å². The van der Waals surface area contributed by atoms with E-state index in [0.717, 1.165) is 69.4 Å². The first kappa shape index (κ1) is 18.1. The molecule has 27 heavy (non-hydrogen) atoms. The fourth-order valence-electron chi connectivity index (χ4n) is 4.08. The summed E-state index contributed by atoms with van der Waals surface area (Å²) in [7, 11) is 1.64. The number of nitrogens with zero attached hydrogens (tertiary/aromatic N) is 5. The standard InChI is InChI=1S/C20H27N5O2/c1-16-4-3-5-17(23-16)14-24-12-13-27-20(15-24)6-10-25(11-7-20)18-19(26-2)22-9-8-21-18/h3-5,8-9H,6-7,10-15H2,1-2H3. The summed E-state index contributed by atoms with van der Waals surface area (Å²) in [5.74, 6) is 1.41. The Hall–Kier alpha value is -2.25. The fraction of sp³-hybridized carbons (Fsp3) is 0.550. The molecule has 0 unspecified atom stereocenters. The van der Waals surface area contributed by atoms with Crippen LogP contribution in [0.15, 0.2) is 30.6 Å². The molecule has 0 aliphatic carbocycles. The van der Waals surface area contributed by atoms with Crippen LogP contribution in [0, 0.1) is 6.92 Å². The Morgan fingerprint density at radius 1 is 1.15 bits per heavy atom. The van der Waals surface area contributed by atoms with Crippen molar-refractivity contribution in [3.05, 3.63) is 42.0 Å². The molecule has 2 aromatic heterocycles. The molecule has 144 valence electrons. The van der Waals surface area contributed by atoms with Crippen LogP contribution >= 0.6 is 0 Å². The molecule has 0 saturated carbocycles. The number of hydrogen-bond acceptors (Lipinski definition) is 7. The second kappa shape index (κ2) is 7.78. The van der Waals surface area contributed by atoms with E-state index >= 15 is 0 Å². The zero-order valence-corrected chi connectivity index (χ0v) is 16.1. The number of rotatable bonds is 4. The first-order chi connectivity index (χ1) is 13.2. The van der Waals surface area contributed by atoms with Crippen molar-refractivity contribution in [2.45, 2.75) is 31.9 Å². The normalized spacial score (nSPS) is 20.0. The Kier molecular flexibility index (Phi) is 5.22. The van der Waals surface area contributed by atoms with Crippen LogP contribution in [-0.4, -0.2) is 65.3 Å². The van der Waals surface area contributed by atoms with Gasteiger partial charge in [-0.2, -0.15) is 0 Å². The number of piperidine rings is 1. The minimum absolute atomic E-state index is 0.0754. The number of anilines is 1. The van der Waals surface area contributed by atoms with Gasteiger partial charge in [-0.3, -0.25) is 9.88 Å². The molecule has 2 fully saturated rings. The minimum Gasteiger partial charge on any atom is -0.478 e. The fourth-order valence-corrected chi connectivity index (χ4v) is 4.08. The first-order valence-electron chi connectivity index (χ1n) is 9.56. The highest BCUT2D eigenvalue weighted by Gasteiger charge is 2.40. The lowest BCUT2D eigenvalue weighted by Gasteiger charge is -2.47. The van der Waals surface area contributed by atoms with Crippen LogP contribution in [0.1, 0.15) is 24.2 Å². The number of ether oxygens (including phenoxy) is 2. The molecule has 0 atom stereocenters. The smallest absolute Gasteiger partial charge is 0.257 e. The summed E-state index contributed by atoms with van der Waals surface area (Å²) in [5, 5.41) is 0. The number of aromatic nitrogens is 3. The van der Waals surface area contributed by atoms with Crippen LogP contribution < -0.4 is 9.64 Å². The lowest BCUT2D eigenvalue weighted by Crippen LogP contribution is -2.56. The van der Waals surface area contributed by atoms with Gasteiger partial charge in [0.2, 0.25) is 0 Å². The molecule has 0 amide bonds. The number of morpholine rings is 1. The van der Waals surface area contributed by atoms with Gasteiger partial charge in [-0.25, -0.2) is 9.97 Å². The van der Waals surface area contributed by atoms with Crippen molar-refractivity contribution >= 4 is 5.82 Å². The number of pyridine rings is 1. The topological polar surface area (TPSA) is 63.6 Å². The highest BCUT2D eigenvalue weighted by Crippen LogP contribution is 2.34. The van der Waals surface area contributed by atoms with Gasteiger partial charge in [0.1, 0.15) is 0 Å². The van der Waals surface area contributed by atoms with Crippen molar-refractivity contribution in [2.24, 2.45) is 0 Å². The zero-order chi connectivity index (χ0) is 18.7. The van der Waals surface area contributed by atoms with E-state index in [1.165, 1.54) is 0 Å². The minimum atomic E-state index is -0.0754. The predicted octanol–water partition coefficient (Wildman–Crippen LogP) is 2.06. The van der Waals surface area contributed by atoms with E-state index in [-0.39, 0.29) is 5.60 Å². The first-order valence-corrected chi connectivity index (χ1v) is 9.56. The molecular weight excluding hydrogens is 342 g/mol. The quantitative estimate of drug-likeness (QED) is 0.817. The molecule has 0 bridgehead atoms. The lowest BCUT2D eigenvalue weighted by molar-refractivity contribution is -0.123. The van der Waals surface area contributed by atoms with Gasteiger partial charge in [-0.15, -0.1) is 0 Å². The molecule has 1 spiro atoms. The number of aryl methyl sites for hydroxylation is 1. The second-order valence-electron chi connectivity index (χ2n) is 7.39. The van der Waals surface area contributed by atoms with Crippen LogP contribution in [0.5, 0.6) is 5.88 Å². The summed E-state index contributed by atoms with van der Waals surface area (Å²) < 4.78 is 11.6. The van der Waals surface area contributed by atoms with E-state index in [0.29, 0.717) is 5.88 Å². The third kappa shape index (κ3) is 4.04. The molecule has 7 heteroatoms. The molecule has 7 nitrogen and oxygen atoms in total. The average molecular weight is 369 g/mol. The molecule has 2 aromatic rings. The Morgan fingerprint density at radius 3 is 2.74 bits per heavy atom. The molecule has 0 aromatic carbocycles. The van der Waals surface area contributed by atoms with Crippen LogP contribution in [0.4, 0.5) is 5.82 Å². The Bertz CT molecular complexity index is 776. The molecule has 0 N–H and O–H groups in total. The van der Waals surface area contributed by atoms with E-state index in [1.54, 1.807) is 19.5 Å². The van der Waals surface area contributed by atoms with Crippen LogP contribution in [-0.2, 0) is 11.3 Å². The van der Waals surface area contributed by atoms with Gasteiger partial charge in [0.25, 0.3) is 5.88 Å². The Balaban J connectivity index is 1.40. The van der Waals surface area contributed by atoms with Crippen LogP contribution in [0.2, 0.25) is 0 Å². The van der Waals surface area contributed by atoms with Gasteiger partial charge in [0.05, 0.1) is 25.0 Å². The van der Waals surface area contributed by atoms with E-state index in [4.69, 9.17) is 9.47 Å². The van der Waals surface area contributed by atoms with Crippen LogP contribution in [0.25, 0.3) is 0 Å². The molecule has 4 rings (SSSR count). The van der Waals surface area contributed by atoms with E-state index in [2.05, 4.69) is 36.9 Å². The van der Waals surface area contributed by atoms with Gasteiger partial charge >= 0.3 is 0 Å². The molecule has 4 heterocycles. The molecule has 2 aliphatic heterocycles. The Labute approximate surface area is 160 Å². The van der Waals surface area contributed by atoms with Crippen molar-refractivity contribution < 1.29 is 9.47 Å². The van der Waals surface area contributed by atoms with Gasteiger partial charge in [-0.05, 0) is 31.9 Å². The third-order valence-electron chi connectivity index (χ3n) is 5.47. The largest absolute Gasteiger partial charge is 0.478 e. The average Bonchev–Trinajstić information content (AvgIpc) is 2.69. The summed E-state index contributed by atoms with van der Waals surface area (Å²) in [6.07, 6.45) is 5.33. The highest BCUT2D eigenvalue weighted by molar-refractivity contribution is 5.48. The van der Waals surface area contributed by atoms with E-state index < -0.39 is 0 Å². The molecular formula is C20H27N5O2. The maximum Gasteiger partial charge on any atom is 0.257 e. The highest BCUT2D eigenvalue weighted by atomic mass is 16.5. The van der Waals surface area contributed by atoms with E-state index in [9.17, 15) is 0 Å². The van der Waals surface area contributed by atoms with Gasteiger partial charge in [-0.1, -0.05) is 6.07 Å². The monoisotopic (exact) mass is 369 g/mol. The van der Waals surface area contributed by atoms with Crippen molar-refractivity contribution in [3.8, 4) is 5.88 Å². The SMILES string of the molecule is COc1nccnc1N1CCC2(CC1)CN(Cc1cccc(C)n1)CCO2. The second-order valence-corrected chi connectivity index (χ2v) is 7.39.